The van der Waals surface area contributed by atoms with Gasteiger partial charge in [-0.15, -0.1) is 0 Å². The highest BCUT2D eigenvalue weighted by Gasteiger charge is 2.55. The fourth-order valence-corrected chi connectivity index (χ4v) is 3.42. The summed E-state index contributed by atoms with van der Waals surface area (Å²) in [7, 11) is 0. The molecule has 5 heterocycles. The second kappa shape index (κ2) is 3.88. The molecule has 1 aliphatic carbocycles. The van der Waals surface area contributed by atoms with Gasteiger partial charge in [0, 0.05) is 31.8 Å². The Hall–Kier alpha value is -2.38. The van der Waals surface area contributed by atoms with Crippen molar-refractivity contribution >= 4 is 17.5 Å². The van der Waals surface area contributed by atoms with Crippen molar-refractivity contribution in [3.05, 3.63) is 17.6 Å². The Balaban J connectivity index is 1.68. The van der Waals surface area contributed by atoms with Gasteiger partial charge in [0.2, 0.25) is 17.6 Å². The first-order chi connectivity index (χ1) is 10.7. The van der Waals surface area contributed by atoms with Crippen molar-refractivity contribution in [1.82, 2.24) is 15.0 Å². The van der Waals surface area contributed by atoms with E-state index in [4.69, 9.17) is 14.0 Å². The third-order valence-corrected chi connectivity index (χ3v) is 4.76. The lowest BCUT2D eigenvalue weighted by molar-refractivity contribution is -0.169. The van der Waals surface area contributed by atoms with Crippen LogP contribution in [0.2, 0.25) is 0 Å². The number of piperidine rings is 1. The Bertz CT molecular complexity index is 725. The van der Waals surface area contributed by atoms with Gasteiger partial charge in [-0.05, 0) is 12.8 Å². The van der Waals surface area contributed by atoms with Crippen molar-refractivity contribution < 1.29 is 23.6 Å². The maximum absolute atomic E-state index is 11.8. The lowest BCUT2D eigenvalue weighted by Gasteiger charge is -2.46. The monoisotopic (exact) mass is 303 g/mol. The highest BCUT2D eigenvalue weighted by Crippen LogP contribution is 2.49. The fraction of sp³-hybridized carbons (Fsp3) is 0.571. The van der Waals surface area contributed by atoms with Crippen LogP contribution < -0.4 is 0 Å². The number of hydrogen-bond donors (Lipinski definition) is 0. The SMILES string of the molecule is O=C1OC2=C(c3noc(C4CC4)n3)C3(CCN2CC3)OC1=O. The van der Waals surface area contributed by atoms with E-state index in [0.717, 1.165) is 12.8 Å². The minimum atomic E-state index is -0.992. The molecule has 5 aliphatic rings. The maximum atomic E-state index is 11.8. The molecule has 0 unspecified atom stereocenters. The van der Waals surface area contributed by atoms with Gasteiger partial charge in [-0.25, -0.2) is 9.59 Å². The molecule has 0 aromatic carbocycles. The Morgan fingerprint density at radius 3 is 2.64 bits per heavy atom. The highest BCUT2D eigenvalue weighted by molar-refractivity contribution is 6.30. The van der Waals surface area contributed by atoms with Gasteiger partial charge in [0.05, 0.1) is 0 Å². The smallest absolute Gasteiger partial charge is 0.424 e. The maximum Gasteiger partial charge on any atom is 0.424 e. The summed E-state index contributed by atoms with van der Waals surface area (Å²) >= 11 is 0. The molecule has 0 radical (unpaired) electrons. The predicted octanol–water partition coefficient (Wildman–Crippen LogP) is 0.564. The molecule has 1 aromatic rings. The van der Waals surface area contributed by atoms with Gasteiger partial charge in [0.1, 0.15) is 5.57 Å². The molecule has 1 spiro atoms. The molecule has 114 valence electrons. The molecule has 0 N–H and O–H groups in total. The average Bonchev–Trinajstić information content (AvgIpc) is 3.26. The minimum Gasteiger partial charge on any atom is -0.445 e. The zero-order valence-electron chi connectivity index (χ0n) is 11.7. The highest BCUT2D eigenvalue weighted by atomic mass is 16.6. The van der Waals surface area contributed by atoms with Crippen LogP contribution in [0.25, 0.3) is 5.57 Å². The van der Waals surface area contributed by atoms with Crippen LogP contribution in [0.5, 0.6) is 0 Å². The molecule has 1 saturated heterocycles. The molecular weight excluding hydrogens is 290 g/mol. The first-order valence-electron chi connectivity index (χ1n) is 7.45. The van der Waals surface area contributed by atoms with Crippen LogP contribution in [0.15, 0.2) is 10.4 Å². The van der Waals surface area contributed by atoms with Crippen molar-refractivity contribution in [2.45, 2.75) is 37.2 Å². The van der Waals surface area contributed by atoms with Crippen LogP contribution in [-0.4, -0.2) is 45.7 Å². The molecule has 3 bridgehead atoms. The molecule has 8 heteroatoms. The molecule has 0 atom stereocenters. The third-order valence-electron chi connectivity index (χ3n) is 4.76. The van der Waals surface area contributed by atoms with Gasteiger partial charge >= 0.3 is 11.9 Å². The van der Waals surface area contributed by atoms with E-state index in [9.17, 15) is 9.59 Å². The zero-order chi connectivity index (χ0) is 14.9. The minimum absolute atomic E-state index is 0.331. The van der Waals surface area contributed by atoms with E-state index in [1.165, 1.54) is 0 Å². The number of hydrogen-bond acceptors (Lipinski definition) is 8. The number of rotatable bonds is 2. The first kappa shape index (κ1) is 12.2. The molecule has 1 aromatic heterocycles. The quantitative estimate of drug-likeness (QED) is 0.578. The van der Waals surface area contributed by atoms with E-state index in [2.05, 4.69) is 10.1 Å². The third kappa shape index (κ3) is 1.52. The van der Waals surface area contributed by atoms with Crippen molar-refractivity contribution in [2.75, 3.05) is 13.1 Å². The molecule has 6 rings (SSSR count). The van der Waals surface area contributed by atoms with Crippen LogP contribution in [0.4, 0.5) is 0 Å². The Morgan fingerprint density at radius 1 is 1.14 bits per heavy atom. The molecule has 4 aliphatic heterocycles. The number of fused-ring (bicyclic) bond motifs is 2. The summed E-state index contributed by atoms with van der Waals surface area (Å²) in [4.78, 5) is 30.0. The summed E-state index contributed by atoms with van der Waals surface area (Å²) in [5.74, 6) is -0.306. The molecule has 0 amide bonds. The lowest BCUT2D eigenvalue weighted by atomic mass is 9.79. The van der Waals surface area contributed by atoms with Crippen LogP contribution in [-0.2, 0) is 19.1 Å². The summed E-state index contributed by atoms with van der Waals surface area (Å²) in [6.07, 6.45) is 3.30. The van der Waals surface area contributed by atoms with E-state index in [0.29, 0.717) is 55.0 Å². The van der Waals surface area contributed by atoms with Crippen molar-refractivity contribution in [3.63, 3.8) is 0 Å². The number of ether oxygens (including phenoxy) is 2. The summed E-state index contributed by atoms with van der Waals surface area (Å²) in [6, 6.07) is 0. The summed E-state index contributed by atoms with van der Waals surface area (Å²) in [6.45, 7) is 1.35. The van der Waals surface area contributed by atoms with Gasteiger partial charge in [-0.2, -0.15) is 4.98 Å². The summed E-state index contributed by atoms with van der Waals surface area (Å²) < 4.78 is 16.1. The molecule has 22 heavy (non-hydrogen) atoms. The second-order valence-electron chi connectivity index (χ2n) is 6.17. The van der Waals surface area contributed by atoms with Gasteiger partial charge in [-0.1, -0.05) is 5.16 Å². The summed E-state index contributed by atoms with van der Waals surface area (Å²) in [5, 5.41) is 4.04. The number of esters is 2. The number of nitrogens with zero attached hydrogens (tertiary/aromatic N) is 3. The van der Waals surface area contributed by atoms with Crippen molar-refractivity contribution in [2.24, 2.45) is 0 Å². The van der Waals surface area contributed by atoms with Gasteiger partial charge in [-0.3, -0.25) is 0 Å². The standard InChI is InChI=1S/C14H13N3O5/c18-12-13(19)21-14-3-5-17(6-4-14)11(20-12)8(14)9-15-10(22-16-9)7-1-2-7/h7H,1-6H2. The average molecular weight is 303 g/mol. The number of aromatic nitrogens is 2. The van der Waals surface area contributed by atoms with E-state index in [-0.39, 0.29) is 0 Å². The van der Waals surface area contributed by atoms with Crippen molar-refractivity contribution in [3.8, 4) is 0 Å². The Kier molecular flexibility index (Phi) is 2.15. The first-order valence-corrected chi connectivity index (χ1v) is 7.45. The van der Waals surface area contributed by atoms with Crippen LogP contribution in [0, 0.1) is 0 Å². The predicted molar refractivity (Wildman–Crippen MR) is 68.9 cm³/mol. The van der Waals surface area contributed by atoms with E-state index < -0.39 is 17.5 Å². The largest absolute Gasteiger partial charge is 0.445 e. The number of carbonyl (C=O) groups excluding carboxylic acids is 2. The number of carbonyl (C=O) groups is 2. The fourth-order valence-electron chi connectivity index (χ4n) is 3.42. The van der Waals surface area contributed by atoms with E-state index >= 15 is 0 Å². The second-order valence-corrected chi connectivity index (χ2v) is 6.17. The topological polar surface area (TPSA) is 94.8 Å². The van der Waals surface area contributed by atoms with Crippen LogP contribution in [0.3, 0.4) is 0 Å². The van der Waals surface area contributed by atoms with E-state index in [1.807, 2.05) is 4.90 Å². The zero-order valence-corrected chi connectivity index (χ0v) is 11.7. The van der Waals surface area contributed by atoms with Crippen molar-refractivity contribution in [1.29, 1.82) is 0 Å². The van der Waals surface area contributed by atoms with Crippen LogP contribution >= 0.6 is 0 Å². The normalized spacial score (nSPS) is 25.9. The van der Waals surface area contributed by atoms with Gasteiger partial charge in [0.15, 0.2) is 5.60 Å². The molecule has 8 nitrogen and oxygen atoms in total. The molecule has 2 fully saturated rings. The Morgan fingerprint density at radius 2 is 1.91 bits per heavy atom. The lowest BCUT2D eigenvalue weighted by Crippen LogP contribution is -2.52. The molecular formula is C14H13N3O5. The molecule has 1 saturated carbocycles. The summed E-state index contributed by atoms with van der Waals surface area (Å²) in [5.41, 5.74) is -0.308. The Labute approximate surface area is 125 Å². The van der Waals surface area contributed by atoms with E-state index in [1.54, 1.807) is 0 Å². The van der Waals surface area contributed by atoms with Gasteiger partial charge in [0.25, 0.3) is 0 Å². The van der Waals surface area contributed by atoms with Gasteiger partial charge < -0.3 is 18.9 Å². The van der Waals surface area contributed by atoms with Crippen LogP contribution in [0.1, 0.15) is 43.3 Å².